The molecule has 1 amide bonds. The number of thioether (sulfide) groups is 1. The van der Waals surface area contributed by atoms with Crippen LogP contribution in [0.15, 0.2) is 0 Å². The number of nitrogens with two attached hydrogens (primary N) is 1. The molecule has 0 aromatic carbocycles. The number of hydrogen-bond donors (Lipinski definition) is 1. The van der Waals surface area contributed by atoms with E-state index in [0.717, 1.165) is 18.7 Å². The van der Waals surface area contributed by atoms with Crippen LogP contribution >= 0.6 is 11.8 Å². The van der Waals surface area contributed by atoms with E-state index in [1.165, 1.54) is 0 Å². The highest BCUT2D eigenvalue weighted by Gasteiger charge is 2.18. The predicted molar refractivity (Wildman–Crippen MR) is 63.4 cm³/mol. The number of carbonyl (C=O) groups is 1. The molecule has 0 saturated heterocycles. The second-order valence-electron chi connectivity index (χ2n) is 3.99. The standard InChI is InChI=1S/C10H22N2OS/c1-8(2)7-9(11)10(13)12(3)5-6-14-4/h8-9H,5-7,11H2,1-4H3/t9-/m0/s1. The lowest BCUT2D eigenvalue weighted by molar-refractivity contribution is -0.131. The van der Waals surface area contributed by atoms with Gasteiger partial charge in [-0.3, -0.25) is 4.79 Å². The summed E-state index contributed by atoms with van der Waals surface area (Å²) in [5, 5.41) is 0. The van der Waals surface area contributed by atoms with Crippen LogP contribution in [0.4, 0.5) is 0 Å². The smallest absolute Gasteiger partial charge is 0.239 e. The molecule has 1 atom stereocenters. The first-order valence-electron chi connectivity index (χ1n) is 4.98. The van der Waals surface area contributed by atoms with Gasteiger partial charge >= 0.3 is 0 Å². The minimum absolute atomic E-state index is 0.0627. The molecule has 0 aliphatic rings. The first kappa shape index (κ1) is 13.8. The molecule has 14 heavy (non-hydrogen) atoms. The quantitative estimate of drug-likeness (QED) is 0.728. The van der Waals surface area contributed by atoms with Crippen molar-refractivity contribution in [1.29, 1.82) is 0 Å². The van der Waals surface area contributed by atoms with Crippen molar-refractivity contribution in [3.8, 4) is 0 Å². The number of amides is 1. The molecule has 4 heteroatoms. The molecular formula is C10H22N2OS. The Morgan fingerprint density at radius 2 is 2.07 bits per heavy atom. The van der Waals surface area contributed by atoms with E-state index < -0.39 is 0 Å². The van der Waals surface area contributed by atoms with Crippen LogP contribution in [0.5, 0.6) is 0 Å². The molecular weight excluding hydrogens is 196 g/mol. The van der Waals surface area contributed by atoms with Gasteiger partial charge in [-0.25, -0.2) is 0 Å². The van der Waals surface area contributed by atoms with Gasteiger partial charge in [-0.15, -0.1) is 0 Å². The maximum Gasteiger partial charge on any atom is 0.239 e. The summed E-state index contributed by atoms with van der Waals surface area (Å²) in [7, 11) is 1.82. The molecule has 0 unspecified atom stereocenters. The predicted octanol–water partition coefficient (Wildman–Crippen LogP) is 1.18. The van der Waals surface area contributed by atoms with E-state index in [4.69, 9.17) is 5.73 Å². The lowest BCUT2D eigenvalue weighted by atomic mass is 10.0. The number of rotatable bonds is 6. The van der Waals surface area contributed by atoms with Crippen molar-refractivity contribution in [1.82, 2.24) is 4.90 Å². The highest BCUT2D eigenvalue weighted by atomic mass is 32.2. The van der Waals surface area contributed by atoms with Gasteiger partial charge in [0.1, 0.15) is 0 Å². The van der Waals surface area contributed by atoms with Gasteiger partial charge in [0.15, 0.2) is 0 Å². The third kappa shape index (κ3) is 5.50. The normalized spacial score (nSPS) is 13.0. The van der Waals surface area contributed by atoms with E-state index in [9.17, 15) is 4.79 Å². The summed E-state index contributed by atoms with van der Waals surface area (Å²) < 4.78 is 0. The van der Waals surface area contributed by atoms with Gasteiger partial charge < -0.3 is 10.6 Å². The molecule has 2 N–H and O–H groups in total. The molecule has 84 valence electrons. The minimum atomic E-state index is -0.332. The summed E-state index contributed by atoms with van der Waals surface area (Å²) in [4.78, 5) is 13.4. The molecule has 0 bridgehead atoms. The molecule has 0 saturated carbocycles. The van der Waals surface area contributed by atoms with Crippen LogP contribution in [0.2, 0.25) is 0 Å². The Morgan fingerprint density at radius 3 is 2.50 bits per heavy atom. The zero-order chi connectivity index (χ0) is 11.1. The van der Waals surface area contributed by atoms with Crippen molar-refractivity contribution in [2.45, 2.75) is 26.3 Å². The van der Waals surface area contributed by atoms with Crippen LogP contribution < -0.4 is 5.73 Å². The Hall–Kier alpha value is -0.220. The highest BCUT2D eigenvalue weighted by Crippen LogP contribution is 2.05. The van der Waals surface area contributed by atoms with E-state index in [-0.39, 0.29) is 11.9 Å². The summed E-state index contributed by atoms with van der Waals surface area (Å²) >= 11 is 1.74. The Bertz CT molecular complexity index is 174. The fourth-order valence-corrected chi connectivity index (χ4v) is 1.69. The maximum absolute atomic E-state index is 11.7. The van der Waals surface area contributed by atoms with Gasteiger partial charge in [0.2, 0.25) is 5.91 Å². The second kappa shape index (κ2) is 7.12. The van der Waals surface area contributed by atoms with Crippen LogP contribution in [0.25, 0.3) is 0 Å². The van der Waals surface area contributed by atoms with Gasteiger partial charge in [0, 0.05) is 19.3 Å². The zero-order valence-electron chi connectivity index (χ0n) is 9.62. The van der Waals surface area contributed by atoms with Crippen LogP contribution in [0.3, 0.4) is 0 Å². The molecule has 3 nitrogen and oxygen atoms in total. The third-order valence-electron chi connectivity index (χ3n) is 2.05. The Morgan fingerprint density at radius 1 is 1.50 bits per heavy atom. The SMILES string of the molecule is CSCCN(C)C(=O)[C@@H](N)CC(C)C. The summed E-state index contributed by atoms with van der Waals surface area (Å²) in [5.41, 5.74) is 5.79. The number of likely N-dealkylation sites (N-methyl/N-ethyl adjacent to an activating group) is 1. The summed E-state index contributed by atoms with van der Waals surface area (Å²) in [6.45, 7) is 4.94. The van der Waals surface area contributed by atoms with Gasteiger partial charge in [-0.05, 0) is 18.6 Å². The zero-order valence-corrected chi connectivity index (χ0v) is 10.4. The highest BCUT2D eigenvalue weighted by molar-refractivity contribution is 7.98. The lowest BCUT2D eigenvalue weighted by Crippen LogP contribution is -2.43. The van der Waals surface area contributed by atoms with Gasteiger partial charge in [0.25, 0.3) is 0 Å². The average Bonchev–Trinajstić information content (AvgIpc) is 2.11. The van der Waals surface area contributed by atoms with Crippen LogP contribution in [-0.2, 0) is 4.79 Å². The van der Waals surface area contributed by atoms with Crippen LogP contribution in [0.1, 0.15) is 20.3 Å². The summed E-state index contributed by atoms with van der Waals surface area (Å²) in [5.74, 6) is 1.51. The van der Waals surface area contributed by atoms with E-state index in [1.54, 1.807) is 16.7 Å². The van der Waals surface area contributed by atoms with Crippen molar-refractivity contribution in [3.63, 3.8) is 0 Å². The molecule has 0 aromatic heterocycles. The monoisotopic (exact) mass is 218 g/mol. The van der Waals surface area contributed by atoms with Crippen molar-refractivity contribution in [3.05, 3.63) is 0 Å². The number of hydrogen-bond acceptors (Lipinski definition) is 3. The van der Waals surface area contributed by atoms with Crippen molar-refractivity contribution >= 4 is 17.7 Å². The fraction of sp³-hybridized carbons (Fsp3) is 0.900. The molecule has 0 radical (unpaired) electrons. The van der Waals surface area contributed by atoms with E-state index in [1.807, 2.05) is 13.3 Å². The van der Waals surface area contributed by atoms with Crippen molar-refractivity contribution in [2.75, 3.05) is 25.6 Å². The first-order valence-corrected chi connectivity index (χ1v) is 6.38. The maximum atomic E-state index is 11.7. The molecule has 0 aromatic rings. The lowest BCUT2D eigenvalue weighted by Gasteiger charge is -2.21. The van der Waals surface area contributed by atoms with Gasteiger partial charge in [-0.1, -0.05) is 13.8 Å². The number of nitrogens with zero attached hydrogens (tertiary/aromatic N) is 1. The van der Waals surface area contributed by atoms with E-state index in [2.05, 4.69) is 13.8 Å². The Kier molecular flexibility index (Phi) is 7.01. The number of carbonyl (C=O) groups excluding carboxylic acids is 1. The molecule has 0 fully saturated rings. The molecule has 0 rings (SSSR count). The van der Waals surface area contributed by atoms with Crippen LogP contribution in [0, 0.1) is 5.92 Å². The van der Waals surface area contributed by atoms with Crippen molar-refractivity contribution in [2.24, 2.45) is 11.7 Å². The Labute approximate surface area is 91.4 Å². The summed E-state index contributed by atoms with van der Waals surface area (Å²) in [6, 6.07) is -0.332. The third-order valence-corrected chi connectivity index (χ3v) is 2.64. The minimum Gasteiger partial charge on any atom is -0.344 e. The topological polar surface area (TPSA) is 46.3 Å². The molecule has 0 spiro atoms. The van der Waals surface area contributed by atoms with Crippen molar-refractivity contribution < 1.29 is 4.79 Å². The van der Waals surface area contributed by atoms with E-state index in [0.29, 0.717) is 5.92 Å². The Balaban J connectivity index is 3.91. The van der Waals surface area contributed by atoms with Gasteiger partial charge in [0.05, 0.1) is 6.04 Å². The summed E-state index contributed by atoms with van der Waals surface area (Å²) in [6.07, 6.45) is 2.80. The average molecular weight is 218 g/mol. The largest absolute Gasteiger partial charge is 0.344 e. The second-order valence-corrected chi connectivity index (χ2v) is 4.97. The molecule has 0 aliphatic heterocycles. The first-order chi connectivity index (χ1) is 6.49. The van der Waals surface area contributed by atoms with E-state index >= 15 is 0 Å². The molecule has 0 heterocycles. The van der Waals surface area contributed by atoms with Gasteiger partial charge in [-0.2, -0.15) is 11.8 Å². The fourth-order valence-electron chi connectivity index (χ4n) is 1.23. The molecule has 0 aliphatic carbocycles. The van der Waals surface area contributed by atoms with Crippen LogP contribution in [-0.4, -0.2) is 42.4 Å².